The molecule has 4 nitrogen and oxygen atoms in total. The normalized spacial score (nSPS) is 13.7. The van der Waals surface area contributed by atoms with Crippen LogP contribution >= 0.6 is 23.4 Å². The second kappa shape index (κ2) is 8.30. The third-order valence-corrected chi connectivity index (χ3v) is 3.99. The molecule has 19 heavy (non-hydrogen) atoms. The number of ether oxygens (including phenoxy) is 1. The molecule has 0 aliphatic carbocycles. The van der Waals surface area contributed by atoms with Crippen molar-refractivity contribution in [1.29, 1.82) is 0 Å². The Bertz CT molecular complexity index is 413. The van der Waals surface area contributed by atoms with E-state index in [-0.39, 0.29) is 30.4 Å². The summed E-state index contributed by atoms with van der Waals surface area (Å²) in [5.41, 5.74) is 0. The summed E-state index contributed by atoms with van der Waals surface area (Å²) < 4.78 is 5.33. The first-order valence-electron chi connectivity index (χ1n) is 5.88. The fourth-order valence-corrected chi connectivity index (χ4v) is 2.34. The molecule has 0 saturated heterocycles. The Kier molecular flexibility index (Phi) is 7.05. The number of aliphatic hydroxyl groups excluding tert-OH is 1. The van der Waals surface area contributed by atoms with E-state index in [1.54, 1.807) is 24.3 Å². The predicted octanol–water partition coefficient (Wildman–Crippen LogP) is 1.95. The second-order valence-corrected chi connectivity index (χ2v) is 5.57. The summed E-state index contributed by atoms with van der Waals surface area (Å²) in [6, 6.07) is 6.77. The van der Waals surface area contributed by atoms with Gasteiger partial charge in [-0.1, -0.05) is 17.7 Å². The van der Waals surface area contributed by atoms with Gasteiger partial charge in [0.05, 0.1) is 6.61 Å². The molecule has 0 fully saturated rings. The zero-order valence-electron chi connectivity index (χ0n) is 10.9. The van der Waals surface area contributed by atoms with Crippen molar-refractivity contribution < 1.29 is 14.6 Å². The van der Waals surface area contributed by atoms with Crippen LogP contribution in [-0.2, 0) is 4.79 Å². The van der Waals surface area contributed by atoms with Gasteiger partial charge in [-0.25, -0.2) is 0 Å². The van der Waals surface area contributed by atoms with Gasteiger partial charge in [-0.15, -0.1) is 0 Å². The molecule has 0 aliphatic rings. The van der Waals surface area contributed by atoms with E-state index in [0.29, 0.717) is 10.8 Å². The lowest BCUT2D eigenvalue weighted by Crippen LogP contribution is -2.43. The smallest absolute Gasteiger partial charge is 0.258 e. The van der Waals surface area contributed by atoms with Crippen LogP contribution in [0.5, 0.6) is 5.75 Å². The first-order chi connectivity index (χ1) is 9.06. The average molecular weight is 304 g/mol. The fourth-order valence-electron chi connectivity index (χ4n) is 1.53. The molecule has 1 aromatic rings. The van der Waals surface area contributed by atoms with Crippen LogP contribution in [0.15, 0.2) is 24.3 Å². The number of rotatable bonds is 7. The zero-order valence-corrected chi connectivity index (χ0v) is 12.5. The summed E-state index contributed by atoms with van der Waals surface area (Å²) in [7, 11) is 0. The van der Waals surface area contributed by atoms with Gasteiger partial charge in [0, 0.05) is 16.3 Å². The minimum absolute atomic E-state index is 0.0184. The summed E-state index contributed by atoms with van der Waals surface area (Å²) in [5.74, 6) is 0.332. The van der Waals surface area contributed by atoms with Crippen molar-refractivity contribution in [2.24, 2.45) is 0 Å². The molecule has 106 valence electrons. The molecule has 2 unspecified atom stereocenters. The fraction of sp³-hybridized carbons (Fsp3) is 0.462. The first kappa shape index (κ1) is 16.1. The number of nitrogens with one attached hydrogen (secondary N) is 1. The summed E-state index contributed by atoms with van der Waals surface area (Å²) >= 11 is 7.33. The lowest BCUT2D eigenvalue weighted by atomic mass is 10.2. The highest BCUT2D eigenvalue weighted by Gasteiger charge is 2.17. The number of hydrogen-bond acceptors (Lipinski definition) is 4. The van der Waals surface area contributed by atoms with Gasteiger partial charge >= 0.3 is 0 Å². The van der Waals surface area contributed by atoms with Gasteiger partial charge in [0.1, 0.15) is 5.75 Å². The van der Waals surface area contributed by atoms with Gasteiger partial charge < -0.3 is 15.2 Å². The number of carbonyl (C=O) groups is 1. The van der Waals surface area contributed by atoms with Crippen molar-refractivity contribution in [3.8, 4) is 5.75 Å². The SMILES string of the molecule is CSC(CO)C(C)NC(=O)COc1cccc(Cl)c1. The number of amides is 1. The van der Waals surface area contributed by atoms with E-state index >= 15 is 0 Å². The minimum Gasteiger partial charge on any atom is -0.484 e. The number of benzene rings is 1. The molecule has 0 spiro atoms. The molecule has 2 atom stereocenters. The topological polar surface area (TPSA) is 58.6 Å². The molecule has 1 rings (SSSR count). The Hall–Kier alpha value is -0.910. The maximum Gasteiger partial charge on any atom is 0.258 e. The number of hydrogen-bond donors (Lipinski definition) is 2. The maximum atomic E-state index is 11.7. The molecule has 0 radical (unpaired) electrons. The summed E-state index contributed by atoms with van der Waals surface area (Å²) in [6.45, 7) is 1.81. The lowest BCUT2D eigenvalue weighted by molar-refractivity contribution is -0.123. The van der Waals surface area contributed by atoms with Gasteiger partial charge in [0.15, 0.2) is 6.61 Å². The molecular formula is C13H18ClNO3S. The number of thioether (sulfide) groups is 1. The van der Waals surface area contributed by atoms with Crippen LogP contribution in [-0.4, -0.2) is 41.8 Å². The van der Waals surface area contributed by atoms with Crippen molar-refractivity contribution in [2.45, 2.75) is 18.2 Å². The Morgan fingerprint density at radius 3 is 2.89 bits per heavy atom. The molecule has 0 bridgehead atoms. The highest BCUT2D eigenvalue weighted by Crippen LogP contribution is 2.17. The zero-order chi connectivity index (χ0) is 14.3. The van der Waals surface area contributed by atoms with E-state index in [1.165, 1.54) is 11.8 Å². The predicted molar refractivity (Wildman–Crippen MR) is 78.9 cm³/mol. The summed E-state index contributed by atoms with van der Waals surface area (Å²) in [6.07, 6.45) is 1.89. The van der Waals surface area contributed by atoms with E-state index in [4.69, 9.17) is 21.4 Å². The van der Waals surface area contributed by atoms with Crippen molar-refractivity contribution in [2.75, 3.05) is 19.5 Å². The van der Waals surface area contributed by atoms with Crippen molar-refractivity contribution in [1.82, 2.24) is 5.32 Å². The average Bonchev–Trinajstić information content (AvgIpc) is 2.38. The van der Waals surface area contributed by atoms with Crippen molar-refractivity contribution in [3.05, 3.63) is 29.3 Å². The van der Waals surface area contributed by atoms with Crippen molar-refractivity contribution >= 4 is 29.3 Å². The molecule has 0 aliphatic heterocycles. The highest BCUT2D eigenvalue weighted by molar-refractivity contribution is 7.99. The summed E-state index contributed by atoms with van der Waals surface area (Å²) in [5, 5.41) is 12.5. The first-order valence-corrected chi connectivity index (χ1v) is 7.54. The van der Waals surface area contributed by atoms with Gasteiger partial charge in [-0.2, -0.15) is 11.8 Å². The molecule has 1 aromatic carbocycles. The Morgan fingerprint density at radius 1 is 1.58 bits per heavy atom. The van der Waals surface area contributed by atoms with Crippen LogP contribution in [0.3, 0.4) is 0 Å². The Morgan fingerprint density at radius 2 is 2.32 bits per heavy atom. The third kappa shape index (κ3) is 5.72. The summed E-state index contributed by atoms with van der Waals surface area (Å²) in [4.78, 5) is 11.7. The maximum absolute atomic E-state index is 11.7. The molecule has 6 heteroatoms. The Labute approximate surface area is 122 Å². The van der Waals surface area contributed by atoms with Crippen LogP contribution < -0.4 is 10.1 Å². The lowest BCUT2D eigenvalue weighted by Gasteiger charge is -2.21. The van der Waals surface area contributed by atoms with E-state index in [0.717, 1.165) is 0 Å². The Balaban J connectivity index is 2.39. The molecule has 1 amide bonds. The van der Waals surface area contributed by atoms with Crippen molar-refractivity contribution in [3.63, 3.8) is 0 Å². The monoisotopic (exact) mass is 303 g/mol. The van der Waals surface area contributed by atoms with E-state index in [9.17, 15) is 4.79 Å². The van der Waals surface area contributed by atoms with E-state index < -0.39 is 0 Å². The quantitative estimate of drug-likeness (QED) is 0.808. The molecule has 2 N–H and O–H groups in total. The molecule has 0 saturated carbocycles. The van der Waals surface area contributed by atoms with Crippen LogP contribution in [0.4, 0.5) is 0 Å². The third-order valence-electron chi connectivity index (χ3n) is 2.60. The molecule has 0 aromatic heterocycles. The number of halogens is 1. The largest absolute Gasteiger partial charge is 0.484 e. The minimum atomic E-state index is -0.222. The van der Waals surface area contributed by atoms with Crippen LogP contribution in [0.25, 0.3) is 0 Å². The van der Waals surface area contributed by atoms with Gasteiger partial charge in [-0.3, -0.25) is 4.79 Å². The van der Waals surface area contributed by atoms with Gasteiger partial charge in [-0.05, 0) is 31.4 Å². The molecular weight excluding hydrogens is 286 g/mol. The van der Waals surface area contributed by atoms with Crippen LogP contribution in [0.1, 0.15) is 6.92 Å². The standard InChI is InChI=1S/C13H18ClNO3S/c1-9(12(7-16)19-2)15-13(17)8-18-11-5-3-4-10(14)6-11/h3-6,9,12,16H,7-8H2,1-2H3,(H,15,17). The van der Waals surface area contributed by atoms with Gasteiger partial charge in [0.2, 0.25) is 0 Å². The molecule has 0 heterocycles. The van der Waals surface area contributed by atoms with Gasteiger partial charge in [0.25, 0.3) is 5.91 Å². The number of carbonyl (C=O) groups excluding carboxylic acids is 1. The van der Waals surface area contributed by atoms with E-state index in [2.05, 4.69) is 5.32 Å². The second-order valence-electron chi connectivity index (χ2n) is 4.06. The van der Waals surface area contributed by atoms with E-state index in [1.807, 2.05) is 13.2 Å². The van der Waals surface area contributed by atoms with Crippen LogP contribution in [0, 0.1) is 0 Å². The number of aliphatic hydroxyl groups is 1. The van der Waals surface area contributed by atoms with Crippen LogP contribution in [0.2, 0.25) is 5.02 Å². The highest BCUT2D eigenvalue weighted by atomic mass is 35.5.